The van der Waals surface area contributed by atoms with Crippen LogP contribution < -0.4 is 5.32 Å². The normalized spacial score (nSPS) is 18.1. The fourth-order valence-corrected chi connectivity index (χ4v) is 4.00. The zero-order valence-corrected chi connectivity index (χ0v) is 16.7. The van der Waals surface area contributed by atoms with E-state index in [0.29, 0.717) is 12.1 Å². The molecule has 0 amide bonds. The van der Waals surface area contributed by atoms with Gasteiger partial charge in [-0.15, -0.1) is 0 Å². The first kappa shape index (κ1) is 19.9. The molecule has 0 bridgehead atoms. The van der Waals surface area contributed by atoms with Crippen LogP contribution >= 0.6 is 0 Å². The molecular weight excluding hydrogens is 354 g/mol. The molecule has 3 N–H and O–H groups in total. The Labute approximate surface area is 165 Å². The van der Waals surface area contributed by atoms with Gasteiger partial charge in [0.1, 0.15) is 0 Å². The van der Waals surface area contributed by atoms with Gasteiger partial charge in [0, 0.05) is 0 Å². The predicted molar refractivity (Wildman–Crippen MR) is 109 cm³/mol. The molecule has 0 saturated heterocycles. The molecule has 0 saturated carbocycles. The van der Waals surface area contributed by atoms with E-state index in [-0.39, 0.29) is 17.0 Å². The second kappa shape index (κ2) is 6.97. The van der Waals surface area contributed by atoms with E-state index in [1.165, 1.54) is 0 Å². The number of carboxylic acids is 2. The van der Waals surface area contributed by atoms with Crippen LogP contribution in [0.2, 0.25) is 0 Å². The number of fused-ring (bicyclic) bond motifs is 1. The third kappa shape index (κ3) is 3.75. The SMILES string of the molecule is CC(C)(Cc1cccc(C2CC(C)(C)c3cccc(C(=O)O)c3N2)c1)C(=O)O. The van der Waals surface area contributed by atoms with E-state index in [0.717, 1.165) is 23.1 Å². The molecule has 0 radical (unpaired) electrons. The number of para-hydroxylation sites is 1. The fourth-order valence-electron chi connectivity index (χ4n) is 4.00. The summed E-state index contributed by atoms with van der Waals surface area (Å²) in [5, 5.41) is 22.4. The van der Waals surface area contributed by atoms with Crippen molar-refractivity contribution in [3.63, 3.8) is 0 Å². The monoisotopic (exact) mass is 381 g/mol. The number of rotatable bonds is 5. The molecular formula is C23H27NO4. The van der Waals surface area contributed by atoms with E-state index in [2.05, 4.69) is 19.2 Å². The van der Waals surface area contributed by atoms with Gasteiger partial charge in [-0.1, -0.05) is 50.2 Å². The molecule has 28 heavy (non-hydrogen) atoms. The van der Waals surface area contributed by atoms with Crippen molar-refractivity contribution in [3.05, 3.63) is 64.7 Å². The summed E-state index contributed by atoms with van der Waals surface area (Å²) in [6, 6.07) is 13.3. The third-order valence-electron chi connectivity index (χ3n) is 5.64. The van der Waals surface area contributed by atoms with Crippen LogP contribution in [0.4, 0.5) is 5.69 Å². The van der Waals surface area contributed by atoms with Crippen molar-refractivity contribution in [2.24, 2.45) is 5.41 Å². The van der Waals surface area contributed by atoms with Crippen molar-refractivity contribution < 1.29 is 19.8 Å². The Morgan fingerprint density at radius 1 is 1.14 bits per heavy atom. The first-order valence-corrected chi connectivity index (χ1v) is 9.47. The summed E-state index contributed by atoms with van der Waals surface area (Å²) in [6.07, 6.45) is 1.25. The molecule has 2 aromatic rings. The number of hydrogen-bond acceptors (Lipinski definition) is 3. The Morgan fingerprint density at radius 2 is 1.82 bits per heavy atom. The number of nitrogens with one attached hydrogen (secondary N) is 1. The molecule has 1 aliphatic heterocycles. The minimum Gasteiger partial charge on any atom is -0.481 e. The third-order valence-corrected chi connectivity index (χ3v) is 5.64. The summed E-state index contributed by atoms with van der Waals surface area (Å²) in [5.41, 5.74) is 2.92. The first-order chi connectivity index (χ1) is 13.0. The van der Waals surface area contributed by atoms with E-state index in [9.17, 15) is 19.8 Å². The minimum atomic E-state index is -0.947. The predicted octanol–water partition coefficient (Wildman–Crippen LogP) is 4.87. The first-order valence-electron chi connectivity index (χ1n) is 9.47. The lowest BCUT2D eigenvalue weighted by atomic mass is 9.73. The Balaban J connectivity index is 1.97. The van der Waals surface area contributed by atoms with Crippen molar-refractivity contribution in [2.45, 2.75) is 52.0 Å². The van der Waals surface area contributed by atoms with Gasteiger partial charge in [0.05, 0.1) is 22.7 Å². The average Bonchev–Trinajstić information content (AvgIpc) is 2.60. The second-order valence-electron chi connectivity index (χ2n) is 8.93. The van der Waals surface area contributed by atoms with Gasteiger partial charge < -0.3 is 15.5 Å². The molecule has 5 heteroatoms. The number of anilines is 1. The molecule has 0 aliphatic carbocycles. The largest absolute Gasteiger partial charge is 0.481 e. The van der Waals surface area contributed by atoms with Crippen molar-refractivity contribution in [3.8, 4) is 0 Å². The highest BCUT2D eigenvalue weighted by atomic mass is 16.4. The Bertz CT molecular complexity index is 930. The van der Waals surface area contributed by atoms with E-state index in [4.69, 9.17) is 0 Å². The molecule has 1 aliphatic rings. The maximum atomic E-state index is 11.7. The maximum absolute atomic E-state index is 11.7. The van der Waals surface area contributed by atoms with Crippen molar-refractivity contribution in [1.82, 2.24) is 0 Å². The Hall–Kier alpha value is -2.82. The lowest BCUT2D eigenvalue weighted by molar-refractivity contribution is -0.146. The van der Waals surface area contributed by atoms with Crippen molar-refractivity contribution >= 4 is 17.6 Å². The summed E-state index contributed by atoms with van der Waals surface area (Å²) in [7, 11) is 0. The van der Waals surface area contributed by atoms with E-state index < -0.39 is 17.4 Å². The van der Waals surface area contributed by atoms with Crippen molar-refractivity contribution in [2.75, 3.05) is 5.32 Å². The molecule has 1 atom stereocenters. The Morgan fingerprint density at radius 3 is 2.46 bits per heavy atom. The van der Waals surface area contributed by atoms with Gasteiger partial charge in [-0.2, -0.15) is 0 Å². The molecule has 2 aromatic carbocycles. The number of aromatic carboxylic acids is 1. The van der Waals surface area contributed by atoms with Crippen LogP contribution in [0.15, 0.2) is 42.5 Å². The molecule has 1 unspecified atom stereocenters. The summed E-state index contributed by atoms with van der Waals surface area (Å²) >= 11 is 0. The summed E-state index contributed by atoms with van der Waals surface area (Å²) in [4.78, 5) is 23.2. The number of aliphatic carboxylic acids is 1. The number of hydrogen-bond donors (Lipinski definition) is 3. The van der Waals surface area contributed by atoms with Crippen LogP contribution in [0.1, 0.15) is 67.2 Å². The van der Waals surface area contributed by atoms with E-state index in [1.807, 2.05) is 30.3 Å². The number of carboxylic acid groups (broad SMARTS) is 2. The molecule has 1 heterocycles. The summed E-state index contributed by atoms with van der Waals surface area (Å²) in [5.74, 6) is -1.77. The molecule has 0 aromatic heterocycles. The maximum Gasteiger partial charge on any atom is 0.337 e. The Kier molecular flexibility index (Phi) is 4.96. The zero-order valence-electron chi connectivity index (χ0n) is 16.7. The second-order valence-corrected chi connectivity index (χ2v) is 8.93. The molecule has 148 valence electrons. The highest BCUT2D eigenvalue weighted by Crippen LogP contribution is 2.45. The van der Waals surface area contributed by atoms with Crippen LogP contribution in [0.3, 0.4) is 0 Å². The lowest BCUT2D eigenvalue weighted by Gasteiger charge is -2.39. The van der Waals surface area contributed by atoms with E-state index >= 15 is 0 Å². The number of benzene rings is 2. The topological polar surface area (TPSA) is 86.6 Å². The van der Waals surface area contributed by atoms with Gasteiger partial charge in [0.25, 0.3) is 0 Å². The van der Waals surface area contributed by atoms with E-state index in [1.54, 1.807) is 26.0 Å². The molecule has 0 fully saturated rings. The van der Waals surface area contributed by atoms with Gasteiger partial charge in [-0.25, -0.2) is 4.79 Å². The van der Waals surface area contributed by atoms with Crippen LogP contribution in [-0.4, -0.2) is 22.2 Å². The summed E-state index contributed by atoms with van der Waals surface area (Å²) in [6.45, 7) is 7.70. The van der Waals surface area contributed by atoms with Gasteiger partial charge in [-0.3, -0.25) is 4.79 Å². The van der Waals surface area contributed by atoms with Crippen LogP contribution in [0.5, 0.6) is 0 Å². The standard InChI is InChI=1S/C23H27NO4/c1-22(2)13-18(24-19-16(20(25)26)9-6-10-17(19)22)15-8-5-7-14(11-15)12-23(3,4)21(27)28/h5-11,18,24H,12-13H2,1-4H3,(H,25,26)(H,27,28). The highest BCUT2D eigenvalue weighted by Gasteiger charge is 2.35. The quantitative estimate of drug-likeness (QED) is 0.688. The molecule has 5 nitrogen and oxygen atoms in total. The highest BCUT2D eigenvalue weighted by molar-refractivity contribution is 5.95. The van der Waals surface area contributed by atoms with Crippen LogP contribution in [0, 0.1) is 5.41 Å². The van der Waals surface area contributed by atoms with Crippen LogP contribution in [0.25, 0.3) is 0 Å². The van der Waals surface area contributed by atoms with Gasteiger partial charge in [0.2, 0.25) is 0 Å². The van der Waals surface area contributed by atoms with Crippen LogP contribution in [-0.2, 0) is 16.6 Å². The molecule has 3 rings (SSSR count). The zero-order chi connectivity index (χ0) is 20.7. The smallest absolute Gasteiger partial charge is 0.337 e. The van der Waals surface area contributed by atoms with Crippen molar-refractivity contribution in [1.29, 1.82) is 0 Å². The minimum absolute atomic E-state index is 0.0455. The average molecular weight is 381 g/mol. The van der Waals surface area contributed by atoms with Gasteiger partial charge >= 0.3 is 11.9 Å². The fraction of sp³-hybridized carbons (Fsp3) is 0.391. The van der Waals surface area contributed by atoms with Gasteiger partial charge in [0.15, 0.2) is 0 Å². The number of carbonyl (C=O) groups is 2. The lowest BCUT2D eigenvalue weighted by Crippen LogP contribution is -2.32. The van der Waals surface area contributed by atoms with Gasteiger partial charge in [-0.05, 0) is 54.9 Å². The summed E-state index contributed by atoms with van der Waals surface area (Å²) < 4.78 is 0. The molecule has 0 spiro atoms.